The van der Waals surface area contributed by atoms with Crippen LogP contribution in [0.25, 0.3) is 0 Å². The number of nitrogens with one attached hydrogen (secondary N) is 1. The lowest BCUT2D eigenvalue weighted by Crippen LogP contribution is -2.43. The Kier molecular flexibility index (Phi) is 10.7. The van der Waals surface area contributed by atoms with Crippen LogP contribution in [0.3, 0.4) is 0 Å². The van der Waals surface area contributed by atoms with Crippen molar-refractivity contribution in [3.8, 4) is 0 Å². The van der Waals surface area contributed by atoms with Crippen molar-refractivity contribution in [1.29, 1.82) is 0 Å². The highest BCUT2D eigenvalue weighted by Crippen LogP contribution is 2.14. The molecule has 0 aromatic heterocycles. The van der Waals surface area contributed by atoms with Crippen molar-refractivity contribution >= 4 is 14.9 Å². The van der Waals surface area contributed by atoms with E-state index >= 15 is 0 Å². The minimum atomic E-state index is -2.53. The summed E-state index contributed by atoms with van der Waals surface area (Å²) in [4.78, 5) is 13.5. The van der Waals surface area contributed by atoms with E-state index < -0.39 is 14.9 Å². The van der Waals surface area contributed by atoms with Crippen molar-refractivity contribution in [1.82, 2.24) is 10.2 Å². The highest BCUT2D eigenvalue weighted by atomic mass is 28.4. The molecule has 0 bridgehead atoms. The fourth-order valence-electron chi connectivity index (χ4n) is 1.55. The first-order chi connectivity index (χ1) is 9.53. The van der Waals surface area contributed by atoms with Crippen LogP contribution in [0.5, 0.6) is 0 Å². The van der Waals surface area contributed by atoms with E-state index in [0.717, 1.165) is 13.1 Å². The molecule has 0 aliphatic rings. The van der Waals surface area contributed by atoms with E-state index in [0.29, 0.717) is 25.6 Å². The van der Waals surface area contributed by atoms with Gasteiger partial charge in [0.2, 0.25) is 0 Å². The summed E-state index contributed by atoms with van der Waals surface area (Å²) in [6.45, 7) is 4.62. The Labute approximate surface area is 122 Å². The third kappa shape index (κ3) is 7.80. The molecule has 0 radical (unpaired) electrons. The molecule has 0 aliphatic heterocycles. The summed E-state index contributed by atoms with van der Waals surface area (Å²) in [6.07, 6.45) is 0.320. The van der Waals surface area contributed by atoms with E-state index in [-0.39, 0.29) is 0 Å². The molecule has 0 fully saturated rings. The highest BCUT2D eigenvalue weighted by Gasteiger charge is 2.36. The van der Waals surface area contributed by atoms with Crippen molar-refractivity contribution in [3.63, 3.8) is 0 Å². The van der Waals surface area contributed by atoms with Crippen LogP contribution in [0.1, 0.15) is 13.3 Å². The predicted molar refractivity (Wildman–Crippen MR) is 78.7 cm³/mol. The fourth-order valence-corrected chi connectivity index (χ4v) is 3.28. The van der Waals surface area contributed by atoms with Gasteiger partial charge in [0.25, 0.3) is 0 Å². The maximum absolute atomic E-state index is 11.4. The summed E-state index contributed by atoms with van der Waals surface area (Å²) in [7, 11) is 4.17. The van der Waals surface area contributed by atoms with Gasteiger partial charge in [0.05, 0.1) is 0 Å². The van der Waals surface area contributed by atoms with Crippen molar-refractivity contribution < 1.29 is 22.8 Å². The molecule has 0 saturated carbocycles. The molecule has 8 heteroatoms. The lowest BCUT2D eigenvalue weighted by Gasteiger charge is -2.24. The number of amides is 1. The zero-order chi connectivity index (χ0) is 15.4. The molecule has 0 aliphatic carbocycles. The molecule has 0 spiro atoms. The molecule has 0 aromatic rings. The van der Waals surface area contributed by atoms with E-state index in [1.54, 1.807) is 21.3 Å². The minimum Gasteiger partial charge on any atom is -0.448 e. The van der Waals surface area contributed by atoms with E-state index in [4.69, 9.17) is 18.0 Å². The van der Waals surface area contributed by atoms with Crippen LogP contribution < -0.4 is 5.32 Å². The summed E-state index contributed by atoms with van der Waals surface area (Å²) in [6, 6.07) is 0.648. The Morgan fingerprint density at radius 1 is 1.20 bits per heavy atom. The molecule has 1 N–H and O–H groups in total. The number of rotatable bonds is 11. The van der Waals surface area contributed by atoms with Crippen molar-refractivity contribution in [2.45, 2.75) is 19.4 Å². The maximum atomic E-state index is 11.4. The van der Waals surface area contributed by atoms with Gasteiger partial charge in [-0.15, -0.1) is 0 Å². The van der Waals surface area contributed by atoms with E-state index in [1.165, 1.54) is 0 Å². The summed E-state index contributed by atoms with van der Waals surface area (Å²) in [5, 5.41) is 2.70. The zero-order valence-electron chi connectivity index (χ0n) is 13.2. The summed E-state index contributed by atoms with van der Waals surface area (Å²) in [5.74, 6) is 0. The topological polar surface area (TPSA) is 69.3 Å². The second-order valence-electron chi connectivity index (χ2n) is 4.36. The summed E-state index contributed by atoms with van der Waals surface area (Å²) in [5.41, 5.74) is 0. The van der Waals surface area contributed by atoms with Crippen LogP contribution in [0.4, 0.5) is 4.79 Å². The smallest absolute Gasteiger partial charge is 0.448 e. The highest BCUT2D eigenvalue weighted by molar-refractivity contribution is 6.60. The number of likely N-dealkylation sites (N-methyl/N-ethyl adjacent to an activating group) is 1. The van der Waals surface area contributed by atoms with Gasteiger partial charge >= 0.3 is 14.9 Å². The molecule has 0 unspecified atom stereocenters. The minimum absolute atomic E-state index is 0.392. The Bertz CT molecular complexity index is 256. The number of hydrogen-bond donors (Lipinski definition) is 1. The van der Waals surface area contributed by atoms with Crippen LogP contribution in [-0.2, 0) is 18.0 Å². The van der Waals surface area contributed by atoms with Gasteiger partial charge in [-0.3, -0.25) is 0 Å². The Morgan fingerprint density at radius 3 is 2.30 bits per heavy atom. The van der Waals surface area contributed by atoms with Crippen LogP contribution in [0, 0.1) is 0 Å². The SMILES string of the molecule is CCN(C)CCOC(=O)NCCC[Si](OC)(OC)OC. The first-order valence-corrected chi connectivity index (χ1v) is 8.71. The second-order valence-corrected chi connectivity index (χ2v) is 7.45. The van der Waals surface area contributed by atoms with Crippen molar-refractivity contribution in [2.75, 3.05) is 54.6 Å². The van der Waals surface area contributed by atoms with Crippen LogP contribution >= 0.6 is 0 Å². The van der Waals surface area contributed by atoms with Gasteiger partial charge in [0, 0.05) is 40.5 Å². The quantitative estimate of drug-likeness (QED) is 0.452. The lowest BCUT2D eigenvalue weighted by molar-refractivity contribution is 0.121. The molecule has 120 valence electrons. The third-order valence-corrected chi connectivity index (χ3v) is 5.94. The third-order valence-electron chi connectivity index (χ3n) is 3.11. The number of alkyl carbamates (subject to hydrolysis) is 1. The Hall–Kier alpha value is -0.673. The van der Waals surface area contributed by atoms with Gasteiger partial charge < -0.3 is 28.2 Å². The monoisotopic (exact) mass is 308 g/mol. The molecule has 20 heavy (non-hydrogen) atoms. The number of hydrogen-bond acceptors (Lipinski definition) is 6. The zero-order valence-corrected chi connectivity index (χ0v) is 14.2. The van der Waals surface area contributed by atoms with E-state index in [1.807, 2.05) is 7.05 Å². The molecule has 0 rings (SSSR count). The second kappa shape index (κ2) is 11.0. The molecule has 0 heterocycles. The Morgan fingerprint density at radius 2 is 1.80 bits per heavy atom. The first-order valence-electron chi connectivity index (χ1n) is 6.78. The molecule has 0 atom stereocenters. The van der Waals surface area contributed by atoms with E-state index in [9.17, 15) is 4.79 Å². The fraction of sp³-hybridized carbons (Fsp3) is 0.917. The maximum Gasteiger partial charge on any atom is 0.500 e. The van der Waals surface area contributed by atoms with Crippen molar-refractivity contribution in [3.05, 3.63) is 0 Å². The van der Waals surface area contributed by atoms with Crippen LogP contribution in [0.2, 0.25) is 6.04 Å². The number of carbonyl (C=O) groups is 1. The average molecular weight is 308 g/mol. The lowest BCUT2D eigenvalue weighted by atomic mass is 10.5. The molecule has 1 amide bonds. The number of nitrogens with zero attached hydrogens (tertiary/aromatic N) is 1. The summed E-state index contributed by atoms with van der Waals surface area (Å²) < 4.78 is 20.9. The number of ether oxygens (including phenoxy) is 1. The molecular formula is C12H28N2O5Si. The van der Waals surface area contributed by atoms with Gasteiger partial charge in [-0.05, 0) is 20.0 Å². The predicted octanol–water partition coefficient (Wildman–Crippen LogP) is 0.933. The number of carbonyl (C=O) groups excluding carboxylic acids is 1. The van der Waals surface area contributed by atoms with E-state index in [2.05, 4.69) is 17.1 Å². The summed E-state index contributed by atoms with van der Waals surface area (Å²) >= 11 is 0. The standard InChI is InChI=1S/C12H28N2O5Si/c1-6-14(2)9-10-19-12(15)13-8-7-11-20(16-3,17-4)18-5/h6-11H2,1-5H3,(H,13,15). The normalized spacial score (nSPS) is 11.7. The molecule has 0 saturated heterocycles. The largest absolute Gasteiger partial charge is 0.500 e. The Balaban J connectivity index is 3.71. The van der Waals surface area contributed by atoms with Crippen LogP contribution in [0.15, 0.2) is 0 Å². The first kappa shape index (κ1) is 19.3. The van der Waals surface area contributed by atoms with Gasteiger partial charge in [-0.1, -0.05) is 6.92 Å². The van der Waals surface area contributed by atoms with Gasteiger partial charge in [0.1, 0.15) is 6.61 Å². The molecule has 0 aromatic carbocycles. The molecule has 7 nitrogen and oxygen atoms in total. The van der Waals surface area contributed by atoms with Crippen molar-refractivity contribution in [2.24, 2.45) is 0 Å². The van der Waals surface area contributed by atoms with Crippen LogP contribution in [-0.4, -0.2) is 74.4 Å². The molecular weight excluding hydrogens is 280 g/mol. The van der Waals surface area contributed by atoms with Gasteiger partial charge in [-0.25, -0.2) is 4.79 Å². The average Bonchev–Trinajstić information content (AvgIpc) is 2.48. The van der Waals surface area contributed by atoms with Gasteiger partial charge in [-0.2, -0.15) is 0 Å². The van der Waals surface area contributed by atoms with Gasteiger partial charge in [0.15, 0.2) is 0 Å².